The molecule has 0 bridgehead atoms. The highest BCUT2D eigenvalue weighted by atomic mass is 19.1. The van der Waals surface area contributed by atoms with Crippen LogP contribution in [0.2, 0.25) is 0 Å². The Hall–Kier alpha value is -2.57. The number of allylic oxidation sites excluding steroid dienone is 1. The smallest absolute Gasteiger partial charge is 0.169 e. The van der Waals surface area contributed by atoms with E-state index in [-0.39, 0.29) is 11.4 Å². The van der Waals surface area contributed by atoms with E-state index in [0.29, 0.717) is 18.4 Å². The lowest BCUT2D eigenvalue weighted by Gasteiger charge is -2.36. The van der Waals surface area contributed by atoms with Gasteiger partial charge in [0, 0.05) is 26.2 Å². The van der Waals surface area contributed by atoms with Crippen molar-refractivity contribution in [3.63, 3.8) is 0 Å². The number of nitrogens with one attached hydrogen (secondary N) is 2. The maximum atomic E-state index is 13.0. The Bertz CT molecular complexity index is 637. The Labute approximate surface area is 142 Å². The number of nitrogens with zero attached hydrogens (tertiary/aromatic N) is 3. The fraction of sp³-hybridized carbons (Fsp3) is 0.444. The van der Waals surface area contributed by atoms with Gasteiger partial charge >= 0.3 is 0 Å². The number of hydrogen-bond donors (Lipinski definition) is 2. The molecule has 126 valence electrons. The molecule has 1 saturated heterocycles. The lowest BCUT2D eigenvalue weighted by Crippen LogP contribution is -2.45. The molecule has 0 spiro atoms. The molecule has 24 heavy (non-hydrogen) atoms. The Morgan fingerprint density at radius 3 is 2.58 bits per heavy atom. The lowest BCUT2D eigenvalue weighted by atomic mass is 10.0. The molecule has 2 N–H and O–H groups in total. The lowest BCUT2D eigenvalue weighted by molar-refractivity contribution is 0.139. The average molecular weight is 327 g/mol. The van der Waals surface area contributed by atoms with Crippen molar-refractivity contribution in [2.45, 2.75) is 31.8 Å². The molecule has 0 aromatic heterocycles. The molecule has 1 aromatic rings. The number of rotatable bonds is 6. The number of halogens is 1. The zero-order chi connectivity index (χ0) is 17.4. The summed E-state index contributed by atoms with van der Waals surface area (Å²) in [6.07, 6.45) is 3.36. The van der Waals surface area contributed by atoms with Crippen LogP contribution in [0.4, 0.5) is 4.39 Å². The van der Waals surface area contributed by atoms with Gasteiger partial charge in [0.1, 0.15) is 23.8 Å². The summed E-state index contributed by atoms with van der Waals surface area (Å²) in [5, 5.41) is 24.0. The normalized spacial score (nSPS) is 17.4. The van der Waals surface area contributed by atoms with Crippen LogP contribution in [0.25, 0.3) is 0 Å². The molecular formula is C18H22FN5. The standard InChI is InChI=1S/C18H22FN5/c1-22-18(15(10-20)11-21)23-12-17-4-2-3-9-24(17)13-14-5-7-16(19)8-6-14/h5-8,17,22-23H,2-4,9,12-13H2,1H3. The molecule has 0 aliphatic carbocycles. The van der Waals surface area contributed by atoms with Crippen LogP contribution in [0.5, 0.6) is 0 Å². The second-order valence-electron chi connectivity index (χ2n) is 5.85. The van der Waals surface area contributed by atoms with Gasteiger partial charge in [-0.15, -0.1) is 0 Å². The largest absolute Gasteiger partial charge is 0.373 e. The minimum absolute atomic E-state index is 0.0541. The van der Waals surface area contributed by atoms with Gasteiger partial charge in [0.05, 0.1) is 0 Å². The maximum Gasteiger partial charge on any atom is 0.169 e. The van der Waals surface area contributed by atoms with Gasteiger partial charge in [0.2, 0.25) is 0 Å². The summed E-state index contributed by atoms with van der Waals surface area (Å²) < 4.78 is 13.0. The van der Waals surface area contributed by atoms with Crippen molar-refractivity contribution in [2.75, 3.05) is 20.1 Å². The maximum absolute atomic E-state index is 13.0. The molecule has 5 nitrogen and oxygen atoms in total. The first-order chi connectivity index (χ1) is 11.7. The molecule has 1 atom stereocenters. The van der Waals surface area contributed by atoms with Gasteiger partial charge in [-0.2, -0.15) is 10.5 Å². The third-order valence-electron chi connectivity index (χ3n) is 4.29. The van der Waals surface area contributed by atoms with Crippen LogP contribution in [0.1, 0.15) is 24.8 Å². The van der Waals surface area contributed by atoms with E-state index in [2.05, 4.69) is 15.5 Å². The van der Waals surface area contributed by atoms with Gasteiger partial charge < -0.3 is 10.6 Å². The SMILES string of the molecule is CNC(NCC1CCCCN1Cc1ccc(F)cc1)=C(C#N)C#N. The fourth-order valence-corrected chi connectivity index (χ4v) is 2.98. The van der Waals surface area contributed by atoms with E-state index >= 15 is 0 Å². The summed E-state index contributed by atoms with van der Waals surface area (Å²) in [5.41, 5.74) is 1.14. The number of likely N-dealkylation sites (tertiary alicyclic amines) is 1. The van der Waals surface area contributed by atoms with Gasteiger partial charge in [-0.3, -0.25) is 4.90 Å². The van der Waals surface area contributed by atoms with Crippen molar-refractivity contribution in [2.24, 2.45) is 0 Å². The minimum atomic E-state index is -0.222. The van der Waals surface area contributed by atoms with E-state index < -0.39 is 0 Å². The molecule has 1 fully saturated rings. The minimum Gasteiger partial charge on any atom is -0.373 e. The van der Waals surface area contributed by atoms with Crippen LogP contribution in [-0.2, 0) is 6.54 Å². The van der Waals surface area contributed by atoms with E-state index in [1.54, 1.807) is 7.05 Å². The topological polar surface area (TPSA) is 74.9 Å². The molecule has 1 aliphatic heterocycles. The van der Waals surface area contributed by atoms with Crippen molar-refractivity contribution in [1.29, 1.82) is 10.5 Å². The average Bonchev–Trinajstić information content (AvgIpc) is 2.61. The van der Waals surface area contributed by atoms with E-state index in [9.17, 15) is 4.39 Å². The number of hydrogen-bond acceptors (Lipinski definition) is 5. The zero-order valence-corrected chi connectivity index (χ0v) is 13.8. The van der Waals surface area contributed by atoms with E-state index in [1.807, 2.05) is 24.3 Å². The molecule has 1 heterocycles. The van der Waals surface area contributed by atoms with Crippen molar-refractivity contribution in [3.05, 3.63) is 47.0 Å². The Morgan fingerprint density at radius 1 is 1.25 bits per heavy atom. The highest BCUT2D eigenvalue weighted by molar-refractivity contribution is 5.38. The summed E-state index contributed by atoms with van der Waals surface area (Å²) in [4.78, 5) is 2.37. The van der Waals surface area contributed by atoms with E-state index in [4.69, 9.17) is 10.5 Å². The van der Waals surface area contributed by atoms with Gasteiger partial charge in [-0.25, -0.2) is 4.39 Å². The van der Waals surface area contributed by atoms with E-state index in [1.165, 1.54) is 12.1 Å². The Balaban J connectivity index is 2.01. The van der Waals surface area contributed by atoms with Crippen LogP contribution in [0, 0.1) is 28.5 Å². The number of benzene rings is 1. The van der Waals surface area contributed by atoms with Gasteiger partial charge in [-0.1, -0.05) is 18.6 Å². The summed E-state index contributed by atoms with van der Waals surface area (Å²) in [7, 11) is 1.69. The zero-order valence-electron chi connectivity index (χ0n) is 13.8. The molecule has 2 rings (SSSR count). The fourth-order valence-electron chi connectivity index (χ4n) is 2.98. The molecule has 0 amide bonds. The first-order valence-electron chi connectivity index (χ1n) is 8.12. The van der Waals surface area contributed by atoms with Crippen LogP contribution < -0.4 is 10.6 Å². The summed E-state index contributed by atoms with van der Waals surface area (Å²) in [6.45, 7) is 2.42. The number of nitriles is 2. The summed E-state index contributed by atoms with van der Waals surface area (Å²) in [6, 6.07) is 10.7. The van der Waals surface area contributed by atoms with Crippen molar-refractivity contribution < 1.29 is 4.39 Å². The summed E-state index contributed by atoms with van der Waals surface area (Å²) >= 11 is 0. The van der Waals surface area contributed by atoms with Crippen LogP contribution >= 0.6 is 0 Å². The second-order valence-corrected chi connectivity index (χ2v) is 5.85. The second kappa shape index (κ2) is 8.90. The highest BCUT2D eigenvalue weighted by Crippen LogP contribution is 2.19. The van der Waals surface area contributed by atoms with Crippen LogP contribution in [-0.4, -0.2) is 31.1 Å². The molecule has 6 heteroatoms. The van der Waals surface area contributed by atoms with Crippen molar-refractivity contribution in [3.8, 4) is 12.1 Å². The van der Waals surface area contributed by atoms with Crippen LogP contribution in [0.15, 0.2) is 35.7 Å². The Kier molecular flexibility index (Phi) is 6.60. The molecule has 1 aromatic carbocycles. The summed E-state index contributed by atoms with van der Waals surface area (Å²) in [5.74, 6) is 0.243. The Morgan fingerprint density at radius 2 is 1.96 bits per heavy atom. The first-order valence-corrected chi connectivity index (χ1v) is 8.12. The molecular weight excluding hydrogens is 305 g/mol. The van der Waals surface area contributed by atoms with Gasteiger partial charge in [0.25, 0.3) is 0 Å². The van der Waals surface area contributed by atoms with E-state index in [0.717, 1.165) is 37.9 Å². The predicted molar refractivity (Wildman–Crippen MR) is 89.8 cm³/mol. The van der Waals surface area contributed by atoms with Crippen LogP contribution in [0.3, 0.4) is 0 Å². The monoisotopic (exact) mass is 327 g/mol. The third kappa shape index (κ3) is 4.71. The molecule has 1 unspecified atom stereocenters. The number of piperidine rings is 1. The first kappa shape index (κ1) is 17.8. The van der Waals surface area contributed by atoms with Crippen molar-refractivity contribution >= 4 is 0 Å². The molecule has 0 radical (unpaired) electrons. The van der Waals surface area contributed by atoms with Crippen molar-refractivity contribution in [1.82, 2.24) is 15.5 Å². The van der Waals surface area contributed by atoms with Gasteiger partial charge in [0.15, 0.2) is 5.57 Å². The molecule has 1 aliphatic rings. The van der Waals surface area contributed by atoms with Gasteiger partial charge in [-0.05, 0) is 37.1 Å². The quantitative estimate of drug-likeness (QED) is 0.784. The third-order valence-corrected chi connectivity index (χ3v) is 4.29. The molecule has 0 saturated carbocycles. The predicted octanol–water partition coefficient (Wildman–Crippen LogP) is 2.25. The highest BCUT2D eigenvalue weighted by Gasteiger charge is 2.22.